The van der Waals surface area contributed by atoms with Crippen molar-refractivity contribution in [3.63, 3.8) is 0 Å². The lowest BCUT2D eigenvalue weighted by Gasteiger charge is -2.16. The molecular weight excluding hydrogens is 266 g/mol. The van der Waals surface area contributed by atoms with Crippen LogP contribution in [0.2, 0.25) is 0 Å². The lowest BCUT2D eigenvalue weighted by atomic mass is 10.2. The Hall–Kier alpha value is -2.11. The molecule has 0 saturated heterocycles. The minimum absolute atomic E-state index is 0.133. The summed E-state index contributed by atoms with van der Waals surface area (Å²) in [4.78, 5) is 14.0. The van der Waals surface area contributed by atoms with E-state index in [2.05, 4.69) is 22.3 Å². The first-order chi connectivity index (χ1) is 10.2. The van der Waals surface area contributed by atoms with Gasteiger partial charge in [-0.1, -0.05) is 30.3 Å². The quantitative estimate of drug-likeness (QED) is 0.811. The fourth-order valence-electron chi connectivity index (χ4n) is 2.04. The van der Waals surface area contributed by atoms with Crippen molar-refractivity contribution in [1.29, 1.82) is 0 Å². The molecule has 5 nitrogen and oxygen atoms in total. The second-order valence-corrected chi connectivity index (χ2v) is 4.99. The molecule has 0 radical (unpaired) electrons. The molecule has 112 valence electrons. The van der Waals surface area contributed by atoms with Gasteiger partial charge in [-0.2, -0.15) is 0 Å². The number of nitrogens with one attached hydrogen (secondary N) is 1. The van der Waals surface area contributed by atoms with Crippen LogP contribution in [0.1, 0.15) is 21.7 Å². The van der Waals surface area contributed by atoms with E-state index in [-0.39, 0.29) is 5.91 Å². The second kappa shape index (κ2) is 7.61. The highest BCUT2D eigenvalue weighted by atomic mass is 16.3. The highest BCUT2D eigenvalue weighted by Gasteiger charge is 2.09. The number of hydrogen-bond acceptors (Lipinski definition) is 4. The summed E-state index contributed by atoms with van der Waals surface area (Å²) < 4.78 is 5.15. The highest BCUT2D eigenvalue weighted by Crippen LogP contribution is 2.06. The first-order valence-electron chi connectivity index (χ1n) is 6.97. The SMILES string of the molecule is CN(CCNC(=O)c1coc(CN)c1)Cc1ccccc1. The summed E-state index contributed by atoms with van der Waals surface area (Å²) in [5.41, 5.74) is 7.22. The third-order valence-electron chi connectivity index (χ3n) is 3.19. The van der Waals surface area contributed by atoms with Gasteiger partial charge in [-0.15, -0.1) is 0 Å². The zero-order chi connectivity index (χ0) is 15.1. The maximum Gasteiger partial charge on any atom is 0.254 e. The van der Waals surface area contributed by atoms with E-state index in [1.165, 1.54) is 11.8 Å². The van der Waals surface area contributed by atoms with Gasteiger partial charge in [0.1, 0.15) is 12.0 Å². The number of carbonyl (C=O) groups excluding carboxylic acids is 1. The van der Waals surface area contributed by atoms with E-state index in [1.54, 1.807) is 6.07 Å². The lowest BCUT2D eigenvalue weighted by molar-refractivity contribution is 0.0949. The molecule has 1 aromatic carbocycles. The van der Waals surface area contributed by atoms with Crippen molar-refractivity contribution < 1.29 is 9.21 Å². The van der Waals surface area contributed by atoms with Gasteiger partial charge in [-0.05, 0) is 18.7 Å². The van der Waals surface area contributed by atoms with Gasteiger partial charge in [0.25, 0.3) is 5.91 Å². The van der Waals surface area contributed by atoms with Crippen LogP contribution in [-0.2, 0) is 13.1 Å². The Kier molecular flexibility index (Phi) is 5.54. The second-order valence-electron chi connectivity index (χ2n) is 4.99. The fraction of sp³-hybridized carbons (Fsp3) is 0.312. The molecule has 0 unspecified atom stereocenters. The third-order valence-corrected chi connectivity index (χ3v) is 3.19. The maximum atomic E-state index is 11.9. The average molecular weight is 287 g/mol. The first kappa shape index (κ1) is 15.3. The van der Waals surface area contributed by atoms with Crippen LogP contribution in [0.15, 0.2) is 47.1 Å². The summed E-state index contributed by atoms with van der Waals surface area (Å²) in [6.45, 7) is 2.53. The van der Waals surface area contributed by atoms with Crippen molar-refractivity contribution in [3.05, 3.63) is 59.5 Å². The Morgan fingerprint density at radius 1 is 1.33 bits per heavy atom. The molecular formula is C16H21N3O2. The predicted octanol–water partition coefficient (Wildman–Crippen LogP) is 1.60. The molecule has 5 heteroatoms. The van der Waals surface area contributed by atoms with E-state index in [4.69, 9.17) is 10.2 Å². The monoisotopic (exact) mass is 287 g/mol. The molecule has 0 aliphatic carbocycles. The van der Waals surface area contributed by atoms with Gasteiger partial charge in [-0.3, -0.25) is 4.79 Å². The van der Waals surface area contributed by atoms with Crippen molar-refractivity contribution >= 4 is 5.91 Å². The van der Waals surface area contributed by atoms with Crippen LogP contribution in [0.3, 0.4) is 0 Å². The van der Waals surface area contributed by atoms with Gasteiger partial charge in [-0.25, -0.2) is 0 Å². The number of rotatable bonds is 7. The topological polar surface area (TPSA) is 71.5 Å². The van der Waals surface area contributed by atoms with Crippen molar-refractivity contribution in [1.82, 2.24) is 10.2 Å². The summed E-state index contributed by atoms with van der Waals surface area (Å²) >= 11 is 0. The molecule has 0 aliphatic heterocycles. The molecule has 1 aromatic heterocycles. The van der Waals surface area contributed by atoms with Gasteiger partial charge >= 0.3 is 0 Å². The van der Waals surface area contributed by atoms with Crippen molar-refractivity contribution in [2.45, 2.75) is 13.1 Å². The van der Waals surface area contributed by atoms with Crippen LogP contribution in [0.25, 0.3) is 0 Å². The number of furan rings is 1. The lowest BCUT2D eigenvalue weighted by Crippen LogP contribution is -2.32. The minimum Gasteiger partial charge on any atom is -0.467 e. The Labute approximate surface area is 124 Å². The standard InChI is InChI=1S/C16H21N3O2/c1-19(11-13-5-3-2-4-6-13)8-7-18-16(20)14-9-15(10-17)21-12-14/h2-6,9,12H,7-8,10-11,17H2,1H3,(H,18,20). The molecule has 0 bridgehead atoms. The molecule has 1 amide bonds. The number of nitrogens with zero attached hydrogens (tertiary/aromatic N) is 1. The summed E-state index contributed by atoms with van der Waals surface area (Å²) in [5, 5.41) is 2.87. The first-order valence-corrected chi connectivity index (χ1v) is 6.97. The van der Waals surface area contributed by atoms with Gasteiger partial charge in [0, 0.05) is 19.6 Å². The number of hydrogen-bond donors (Lipinski definition) is 2. The number of carbonyl (C=O) groups is 1. The molecule has 2 rings (SSSR count). The third kappa shape index (κ3) is 4.73. The number of amides is 1. The van der Waals surface area contributed by atoms with Crippen LogP contribution >= 0.6 is 0 Å². The highest BCUT2D eigenvalue weighted by molar-refractivity contribution is 5.93. The normalized spacial score (nSPS) is 10.8. The van der Waals surface area contributed by atoms with Crippen LogP contribution in [0, 0.1) is 0 Å². The zero-order valence-corrected chi connectivity index (χ0v) is 12.2. The molecule has 0 aliphatic rings. The molecule has 2 aromatic rings. The summed E-state index contributed by atoms with van der Waals surface area (Å²) in [6, 6.07) is 11.9. The summed E-state index contributed by atoms with van der Waals surface area (Å²) in [5.74, 6) is 0.480. The van der Waals surface area contributed by atoms with E-state index in [0.29, 0.717) is 24.4 Å². The minimum atomic E-state index is -0.133. The van der Waals surface area contributed by atoms with Crippen LogP contribution in [-0.4, -0.2) is 30.9 Å². The molecule has 0 atom stereocenters. The molecule has 0 saturated carbocycles. The maximum absolute atomic E-state index is 11.9. The molecule has 3 N–H and O–H groups in total. The van der Waals surface area contributed by atoms with Gasteiger partial charge in [0.15, 0.2) is 0 Å². The Morgan fingerprint density at radius 2 is 2.10 bits per heavy atom. The number of nitrogens with two attached hydrogens (primary N) is 1. The predicted molar refractivity (Wildman–Crippen MR) is 81.7 cm³/mol. The van der Waals surface area contributed by atoms with E-state index in [9.17, 15) is 4.79 Å². The molecule has 1 heterocycles. The van der Waals surface area contributed by atoms with Gasteiger partial charge in [0.05, 0.1) is 12.1 Å². The Bertz CT molecular complexity index is 566. The van der Waals surface area contributed by atoms with Gasteiger partial charge < -0.3 is 20.4 Å². The fourth-order valence-corrected chi connectivity index (χ4v) is 2.04. The van der Waals surface area contributed by atoms with E-state index in [0.717, 1.165) is 13.1 Å². The molecule has 0 spiro atoms. The molecule has 0 fully saturated rings. The van der Waals surface area contributed by atoms with Crippen LogP contribution in [0.4, 0.5) is 0 Å². The number of benzene rings is 1. The number of likely N-dealkylation sites (N-methyl/N-ethyl adjacent to an activating group) is 1. The molecule has 21 heavy (non-hydrogen) atoms. The average Bonchev–Trinajstić information content (AvgIpc) is 2.97. The van der Waals surface area contributed by atoms with Crippen molar-refractivity contribution in [2.24, 2.45) is 5.73 Å². The van der Waals surface area contributed by atoms with E-state index in [1.807, 2.05) is 25.2 Å². The Morgan fingerprint density at radius 3 is 2.76 bits per heavy atom. The summed E-state index contributed by atoms with van der Waals surface area (Å²) in [6.07, 6.45) is 1.44. The zero-order valence-electron chi connectivity index (χ0n) is 12.2. The largest absolute Gasteiger partial charge is 0.467 e. The van der Waals surface area contributed by atoms with Crippen molar-refractivity contribution in [3.8, 4) is 0 Å². The van der Waals surface area contributed by atoms with Gasteiger partial charge in [0.2, 0.25) is 0 Å². The van der Waals surface area contributed by atoms with E-state index < -0.39 is 0 Å². The summed E-state index contributed by atoms with van der Waals surface area (Å²) in [7, 11) is 2.03. The van der Waals surface area contributed by atoms with E-state index >= 15 is 0 Å². The van der Waals surface area contributed by atoms with Crippen LogP contribution < -0.4 is 11.1 Å². The smallest absolute Gasteiger partial charge is 0.254 e. The Balaban J connectivity index is 1.72. The van der Waals surface area contributed by atoms with Crippen LogP contribution in [0.5, 0.6) is 0 Å². The van der Waals surface area contributed by atoms with Crippen molar-refractivity contribution in [2.75, 3.05) is 20.1 Å².